The van der Waals surface area contributed by atoms with Crippen molar-refractivity contribution in [3.8, 4) is 11.5 Å². The molecule has 1 fully saturated rings. The zero-order valence-electron chi connectivity index (χ0n) is 18.7. The van der Waals surface area contributed by atoms with E-state index in [-0.39, 0.29) is 24.7 Å². The summed E-state index contributed by atoms with van der Waals surface area (Å²) in [6, 6.07) is 15.7. The molecular formula is C25H31N3O4. The fourth-order valence-corrected chi connectivity index (χ4v) is 4.24. The molecule has 0 bridgehead atoms. The Hall–Kier alpha value is -3.06. The molecule has 2 aromatic rings. The predicted octanol–water partition coefficient (Wildman–Crippen LogP) is 2.59. The molecule has 2 heterocycles. The highest BCUT2D eigenvalue weighted by Crippen LogP contribution is 2.31. The van der Waals surface area contributed by atoms with Crippen LogP contribution >= 0.6 is 0 Å². The first-order chi connectivity index (χ1) is 15.6. The lowest BCUT2D eigenvalue weighted by molar-refractivity contribution is -0.134. The summed E-state index contributed by atoms with van der Waals surface area (Å²) in [7, 11) is 1.67. The molecule has 0 unspecified atom stereocenters. The largest absolute Gasteiger partial charge is 0.497 e. The predicted molar refractivity (Wildman–Crippen MR) is 123 cm³/mol. The fourth-order valence-electron chi connectivity index (χ4n) is 4.24. The van der Waals surface area contributed by atoms with Crippen molar-refractivity contribution in [1.82, 2.24) is 9.80 Å². The average Bonchev–Trinajstić information content (AvgIpc) is 2.86. The molecule has 7 nitrogen and oxygen atoms in total. The first-order valence-corrected chi connectivity index (χ1v) is 11.3. The van der Waals surface area contributed by atoms with E-state index in [0.717, 1.165) is 56.3 Å². The number of fused-ring (bicyclic) bond motifs is 1. The molecule has 0 radical (unpaired) electrons. The SMILES string of the molecule is COc1ccc(CCN2CCN(C(=O)CCC(=O)N3CCOc4ccccc43)CC2)cc1. The zero-order chi connectivity index (χ0) is 22.3. The van der Waals surface area contributed by atoms with Gasteiger partial charge < -0.3 is 19.3 Å². The summed E-state index contributed by atoms with van der Waals surface area (Å²) in [6.45, 7) is 5.15. The quantitative estimate of drug-likeness (QED) is 0.666. The van der Waals surface area contributed by atoms with Crippen molar-refractivity contribution in [3.05, 3.63) is 54.1 Å². The lowest BCUT2D eigenvalue weighted by Gasteiger charge is -2.35. The number of hydrogen-bond donors (Lipinski definition) is 0. The maximum atomic E-state index is 12.7. The number of piperazine rings is 1. The Bertz CT molecular complexity index is 923. The molecule has 2 aliphatic rings. The van der Waals surface area contributed by atoms with Crippen LogP contribution in [0.25, 0.3) is 0 Å². The van der Waals surface area contributed by atoms with Crippen LogP contribution in [0.1, 0.15) is 18.4 Å². The van der Waals surface area contributed by atoms with Crippen LogP contribution in [0.3, 0.4) is 0 Å². The summed E-state index contributed by atoms with van der Waals surface area (Å²) < 4.78 is 10.8. The molecule has 0 N–H and O–H groups in total. The van der Waals surface area contributed by atoms with E-state index in [9.17, 15) is 9.59 Å². The van der Waals surface area contributed by atoms with Gasteiger partial charge in [-0.15, -0.1) is 0 Å². The van der Waals surface area contributed by atoms with Crippen LogP contribution in [0.15, 0.2) is 48.5 Å². The third-order valence-electron chi connectivity index (χ3n) is 6.18. The maximum Gasteiger partial charge on any atom is 0.227 e. The van der Waals surface area contributed by atoms with Gasteiger partial charge in [-0.3, -0.25) is 14.5 Å². The standard InChI is InChI=1S/C25H31N3O4/c1-31-21-8-6-20(7-9-21)12-13-26-14-16-27(17-15-26)24(29)10-11-25(30)28-18-19-32-23-5-3-2-4-22(23)28/h2-9H,10-19H2,1H3. The number of carbonyl (C=O) groups excluding carboxylic acids is 2. The lowest BCUT2D eigenvalue weighted by Crippen LogP contribution is -2.49. The molecule has 1 saturated heterocycles. The van der Waals surface area contributed by atoms with Crippen molar-refractivity contribution in [3.63, 3.8) is 0 Å². The van der Waals surface area contributed by atoms with Gasteiger partial charge in [0.25, 0.3) is 0 Å². The molecule has 0 spiro atoms. The molecule has 0 saturated carbocycles. The van der Waals surface area contributed by atoms with Gasteiger partial charge in [-0.05, 0) is 36.2 Å². The van der Waals surface area contributed by atoms with Gasteiger partial charge in [-0.1, -0.05) is 24.3 Å². The van der Waals surface area contributed by atoms with Crippen LogP contribution in [0.5, 0.6) is 11.5 Å². The smallest absolute Gasteiger partial charge is 0.227 e. The molecule has 0 aromatic heterocycles. The second-order valence-electron chi connectivity index (χ2n) is 8.18. The van der Waals surface area contributed by atoms with Gasteiger partial charge in [-0.25, -0.2) is 0 Å². The Labute approximate surface area is 189 Å². The molecule has 0 atom stereocenters. The van der Waals surface area contributed by atoms with Crippen molar-refractivity contribution in [2.24, 2.45) is 0 Å². The Morgan fingerprint density at radius 1 is 0.906 bits per heavy atom. The Kier molecular flexibility index (Phi) is 7.27. The van der Waals surface area contributed by atoms with Crippen LogP contribution in [0.2, 0.25) is 0 Å². The molecular weight excluding hydrogens is 406 g/mol. The first kappa shape index (κ1) is 22.1. The number of rotatable bonds is 7. The molecule has 170 valence electrons. The van der Waals surface area contributed by atoms with Crippen LogP contribution in [-0.4, -0.2) is 74.6 Å². The number of nitrogens with zero attached hydrogens (tertiary/aromatic N) is 3. The van der Waals surface area contributed by atoms with Gasteiger partial charge in [0, 0.05) is 45.6 Å². The van der Waals surface area contributed by atoms with Gasteiger partial charge in [0.15, 0.2) is 0 Å². The zero-order valence-corrected chi connectivity index (χ0v) is 18.7. The van der Waals surface area contributed by atoms with Crippen molar-refractivity contribution in [2.45, 2.75) is 19.3 Å². The number of amides is 2. The number of anilines is 1. The minimum Gasteiger partial charge on any atom is -0.497 e. The summed E-state index contributed by atoms with van der Waals surface area (Å²) >= 11 is 0. The summed E-state index contributed by atoms with van der Waals surface area (Å²) in [5, 5.41) is 0. The van der Waals surface area contributed by atoms with Crippen LogP contribution < -0.4 is 14.4 Å². The first-order valence-electron chi connectivity index (χ1n) is 11.3. The highest BCUT2D eigenvalue weighted by atomic mass is 16.5. The van der Waals surface area contributed by atoms with Crippen molar-refractivity contribution >= 4 is 17.5 Å². The van der Waals surface area contributed by atoms with Crippen LogP contribution in [0, 0.1) is 0 Å². The van der Waals surface area contributed by atoms with E-state index in [1.54, 1.807) is 12.0 Å². The van der Waals surface area contributed by atoms with Gasteiger partial charge >= 0.3 is 0 Å². The van der Waals surface area contributed by atoms with Gasteiger partial charge in [0.1, 0.15) is 18.1 Å². The monoisotopic (exact) mass is 437 g/mol. The van der Waals surface area contributed by atoms with Crippen LogP contribution in [-0.2, 0) is 16.0 Å². The third kappa shape index (κ3) is 5.40. The van der Waals surface area contributed by atoms with Gasteiger partial charge in [0.05, 0.1) is 19.3 Å². The van der Waals surface area contributed by atoms with Crippen molar-refractivity contribution < 1.29 is 19.1 Å². The number of methoxy groups -OCH3 is 1. The second-order valence-corrected chi connectivity index (χ2v) is 8.18. The minimum atomic E-state index is -0.0211. The number of para-hydroxylation sites is 2. The van der Waals surface area contributed by atoms with E-state index >= 15 is 0 Å². The topological polar surface area (TPSA) is 62.3 Å². The number of carbonyl (C=O) groups is 2. The molecule has 2 aliphatic heterocycles. The highest BCUT2D eigenvalue weighted by Gasteiger charge is 2.25. The molecule has 2 amide bonds. The Balaban J connectivity index is 1.19. The Morgan fingerprint density at radius 3 is 2.38 bits per heavy atom. The number of hydrogen-bond acceptors (Lipinski definition) is 5. The Morgan fingerprint density at radius 2 is 1.62 bits per heavy atom. The summed E-state index contributed by atoms with van der Waals surface area (Å²) in [5.74, 6) is 1.64. The van der Waals surface area contributed by atoms with E-state index in [4.69, 9.17) is 9.47 Å². The molecule has 7 heteroatoms. The van der Waals surface area contributed by atoms with Crippen molar-refractivity contribution in [2.75, 3.05) is 57.9 Å². The lowest BCUT2D eigenvalue weighted by atomic mass is 10.1. The van der Waals surface area contributed by atoms with E-state index < -0.39 is 0 Å². The molecule has 0 aliphatic carbocycles. The average molecular weight is 438 g/mol. The minimum absolute atomic E-state index is 0.0211. The van der Waals surface area contributed by atoms with E-state index in [0.29, 0.717) is 13.2 Å². The third-order valence-corrected chi connectivity index (χ3v) is 6.18. The normalized spacial score (nSPS) is 16.3. The van der Waals surface area contributed by atoms with E-state index in [2.05, 4.69) is 17.0 Å². The molecule has 32 heavy (non-hydrogen) atoms. The van der Waals surface area contributed by atoms with Crippen LogP contribution in [0.4, 0.5) is 5.69 Å². The van der Waals surface area contributed by atoms with Gasteiger partial charge in [0.2, 0.25) is 11.8 Å². The summed E-state index contributed by atoms with van der Waals surface area (Å²) in [4.78, 5) is 31.4. The second kappa shape index (κ2) is 10.5. The van der Waals surface area contributed by atoms with E-state index in [1.165, 1.54) is 5.56 Å². The summed E-state index contributed by atoms with van der Waals surface area (Å²) in [5.41, 5.74) is 2.08. The maximum absolute atomic E-state index is 12.7. The summed E-state index contributed by atoms with van der Waals surface area (Å²) in [6.07, 6.45) is 1.46. The number of ether oxygens (including phenoxy) is 2. The van der Waals surface area contributed by atoms with Gasteiger partial charge in [-0.2, -0.15) is 0 Å². The highest BCUT2D eigenvalue weighted by molar-refractivity contribution is 5.97. The number of benzene rings is 2. The molecule has 2 aromatic carbocycles. The van der Waals surface area contributed by atoms with E-state index in [1.807, 2.05) is 41.3 Å². The van der Waals surface area contributed by atoms with Crippen molar-refractivity contribution in [1.29, 1.82) is 0 Å². The molecule has 4 rings (SSSR count). The fraction of sp³-hybridized carbons (Fsp3) is 0.440.